The molecule has 0 saturated heterocycles. The smallest absolute Gasteiger partial charge is 0.201 e. The molecule has 0 bridgehead atoms. The first kappa shape index (κ1) is 10.2. The molecular formula is C11H9ClN4O. The second-order valence-electron chi connectivity index (χ2n) is 3.65. The fourth-order valence-electron chi connectivity index (χ4n) is 1.78. The molecule has 0 aliphatic heterocycles. The van der Waals surface area contributed by atoms with Gasteiger partial charge in [0.1, 0.15) is 17.5 Å². The zero-order chi connectivity index (χ0) is 11.8. The Balaban J connectivity index is 2.16. The lowest BCUT2D eigenvalue weighted by molar-refractivity contribution is 0.410. The minimum absolute atomic E-state index is 0.413. The summed E-state index contributed by atoms with van der Waals surface area (Å²) in [4.78, 5) is 4.24. The van der Waals surface area contributed by atoms with Crippen LogP contribution in [0.2, 0.25) is 5.02 Å². The van der Waals surface area contributed by atoms with Crippen molar-refractivity contribution in [3.8, 4) is 0 Å². The molecular weight excluding hydrogens is 240 g/mol. The summed E-state index contributed by atoms with van der Waals surface area (Å²) in [6.45, 7) is 0.513. The monoisotopic (exact) mass is 248 g/mol. The van der Waals surface area contributed by atoms with Gasteiger partial charge >= 0.3 is 0 Å². The van der Waals surface area contributed by atoms with Crippen LogP contribution in [0.25, 0.3) is 11.0 Å². The molecule has 0 saturated carbocycles. The molecule has 17 heavy (non-hydrogen) atoms. The summed E-state index contributed by atoms with van der Waals surface area (Å²) in [5.74, 6) is 0.413. The lowest BCUT2D eigenvalue weighted by Crippen LogP contribution is -2.04. The summed E-state index contributed by atoms with van der Waals surface area (Å²) in [6, 6.07) is 7.36. The van der Waals surface area contributed by atoms with Gasteiger partial charge in [-0.25, -0.2) is 4.98 Å². The third-order valence-electron chi connectivity index (χ3n) is 2.57. The third-order valence-corrected chi connectivity index (χ3v) is 2.88. The fourth-order valence-corrected chi connectivity index (χ4v) is 1.99. The van der Waals surface area contributed by atoms with Crippen molar-refractivity contribution in [3.05, 3.63) is 41.2 Å². The summed E-state index contributed by atoms with van der Waals surface area (Å²) < 4.78 is 6.63. The average Bonchev–Trinajstić information content (AvgIpc) is 2.91. The number of hydrogen-bond donors (Lipinski definition) is 1. The first-order valence-corrected chi connectivity index (χ1v) is 5.43. The van der Waals surface area contributed by atoms with Gasteiger partial charge < -0.3 is 14.8 Å². The van der Waals surface area contributed by atoms with E-state index in [1.165, 1.54) is 6.26 Å². The van der Waals surface area contributed by atoms with Gasteiger partial charge in [-0.3, -0.25) is 0 Å². The Morgan fingerprint density at radius 3 is 3.00 bits per heavy atom. The molecule has 2 N–H and O–H groups in total. The predicted octanol–water partition coefficient (Wildman–Crippen LogP) is 2.31. The summed E-state index contributed by atoms with van der Waals surface area (Å²) in [6.07, 6.45) is 1.53. The number of nitrogen functional groups attached to an aromatic ring is 1. The molecule has 0 amide bonds. The molecule has 0 atom stereocenters. The highest BCUT2D eigenvalue weighted by molar-refractivity contribution is 6.35. The number of fused-ring (bicyclic) bond motifs is 1. The Bertz CT molecular complexity index is 659. The highest BCUT2D eigenvalue weighted by Gasteiger charge is 2.11. The molecule has 1 aromatic carbocycles. The van der Waals surface area contributed by atoms with E-state index in [-0.39, 0.29) is 0 Å². The number of nitrogens with zero attached hydrogens (tertiary/aromatic N) is 3. The first-order valence-electron chi connectivity index (χ1n) is 5.05. The van der Waals surface area contributed by atoms with E-state index in [1.54, 1.807) is 12.1 Å². The molecule has 3 rings (SSSR count). The zero-order valence-corrected chi connectivity index (χ0v) is 9.55. The fraction of sp³-hybridized carbons (Fsp3) is 0.0909. The maximum atomic E-state index is 6.06. The van der Waals surface area contributed by atoms with Crippen molar-refractivity contribution in [1.29, 1.82) is 0 Å². The SMILES string of the molecule is Nc1nc2c(Cl)cccc2n1Cc1ccon1. The van der Waals surface area contributed by atoms with E-state index >= 15 is 0 Å². The number of aromatic nitrogens is 3. The predicted molar refractivity (Wildman–Crippen MR) is 64.8 cm³/mol. The molecule has 0 unspecified atom stereocenters. The van der Waals surface area contributed by atoms with Crippen molar-refractivity contribution in [2.45, 2.75) is 6.54 Å². The quantitative estimate of drug-likeness (QED) is 0.756. The molecule has 0 radical (unpaired) electrons. The van der Waals surface area contributed by atoms with Crippen LogP contribution in [0.5, 0.6) is 0 Å². The summed E-state index contributed by atoms with van der Waals surface area (Å²) >= 11 is 6.06. The van der Waals surface area contributed by atoms with Crippen molar-refractivity contribution in [3.63, 3.8) is 0 Å². The number of hydrogen-bond acceptors (Lipinski definition) is 4. The summed E-state index contributed by atoms with van der Waals surface area (Å²) in [7, 11) is 0. The standard InChI is InChI=1S/C11H9ClN4O/c12-8-2-1-3-9-10(8)14-11(13)16(9)6-7-4-5-17-15-7/h1-5H,6H2,(H2,13,14). The lowest BCUT2D eigenvalue weighted by atomic mass is 10.3. The second kappa shape index (κ2) is 3.78. The number of imidazole rings is 1. The molecule has 6 heteroatoms. The van der Waals surface area contributed by atoms with Crippen molar-refractivity contribution >= 4 is 28.6 Å². The van der Waals surface area contributed by atoms with Gasteiger partial charge in [0.05, 0.1) is 17.1 Å². The van der Waals surface area contributed by atoms with E-state index in [2.05, 4.69) is 10.1 Å². The minimum atomic E-state index is 0.413. The first-order chi connectivity index (χ1) is 8.25. The van der Waals surface area contributed by atoms with Gasteiger partial charge in [0.2, 0.25) is 5.95 Å². The maximum Gasteiger partial charge on any atom is 0.201 e. The number of nitrogens with two attached hydrogens (primary N) is 1. The van der Waals surface area contributed by atoms with Gasteiger partial charge in [0, 0.05) is 6.07 Å². The average molecular weight is 249 g/mol. The van der Waals surface area contributed by atoms with Gasteiger partial charge in [0.15, 0.2) is 0 Å². The van der Waals surface area contributed by atoms with E-state index in [9.17, 15) is 0 Å². The Kier molecular flexibility index (Phi) is 2.26. The second-order valence-corrected chi connectivity index (χ2v) is 4.06. The number of benzene rings is 1. The molecule has 0 aliphatic rings. The van der Waals surface area contributed by atoms with Crippen LogP contribution in [-0.4, -0.2) is 14.7 Å². The van der Waals surface area contributed by atoms with Gasteiger partial charge in [-0.1, -0.05) is 22.8 Å². The van der Waals surface area contributed by atoms with E-state index in [4.69, 9.17) is 21.9 Å². The minimum Gasteiger partial charge on any atom is -0.369 e. The van der Waals surface area contributed by atoms with Crippen LogP contribution in [-0.2, 0) is 6.54 Å². The van der Waals surface area contributed by atoms with Gasteiger partial charge in [0.25, 0.3) is 0 Å². The number of halogens is 1. The summed E-state index contributed by atoms with van der Waals surface area (Å²) in [5, 5.41) is 4.44. The molecule has 2 heterocycles. The van der Waals surface area contributed by atoms with E-state index in [1.807, 2.05) is 16.7 Å². The van der Waals surface area contributed by atoms with Crippen LogP contribution in [0.15, 0.2) is 35.1 Å². The van der Waals surface area contributed by atoms with Crippen molar-refractivity contribution in [2.75, 3.05) is 5.73 Å². The van der Waals surface area contributed by atoms with Gasteiger partial charge in [-0.2, -0.15) is 0 Å². The molecule has 0 fully saturated rings. The van der Waals surface area contributed by atoms with Crippen LogP contribution >= 0.6 is 11.6 Å². The molecule has 2 aromatic heterocycles. The van der Waals surface area contributed by atoms with Gasteiger partial charge in [-0.15, -0.1) is 0 Å². The zero-order valence-electron chi connectivity index (χ0n) is 8.80. The van der Waals surface area contributed by atoms with Crippen LogP contribution in [0.3, 0.4) is 0 Å². The van der Waals surface area contributed by atoms with Crippen molar-refractivity contribution in [1.82, 2.24) is 14.7 Å². The Labute approximate surface area is 102 Å². The Morgan fingerprint density at radius 1 is 1.35 bits per heavy atom. The molecule has 0 spiro atoms. The van der Waals surface area contributed by atoms with Crippen molar-refractivity contribution in [2.24, 2.45) is 0 Å². The van der Waals surface area contributed by atoms with Gasteiger partial charge in [-0.05, 0) is 12.1 Å². The van der Waals surface area contributed by atoms with Crippen molar-refractivity contribution < 1.29 is 4.52 Å². The van der Waals surface area contributed by atoms with Crippen LogP contribution in [0.4, 0.5) is 5.95 Å². The van der Waals surface area contributed by atoms with E-state index < -0.39 is 0 Å². The van der Waals surface area contributed by atoms with E-state index in [0.717, 1.165) is 11.2 Å². The highest BCUT2D eigenvalue weighted by Crippen LogP contribution is 2.25. The third kappa shape index (κ3) is 1.64. The number of anilines is 1. The van der Waals surface area contributed by atoms with Crippen LogP contribution < -0.4 is 5.73 Å². The largest absolute Gasteiger partial charge is 0.369 e. The Morgan fingerprint density at radius 2 is 2.24 bits per heavy atom. The lowest BCUT2D eigenvalue weighted by Gasteiger charge is -2.03. The van der Waals surface area contributed by atoms with Crippen LogP contribution in [0.1, 0.15) is 5.69 Å². The topological polar surface area (TPSA) is 69.9 Å². The molecule has 5 nitrogen and oxygen atoms in total. The van der Waals surface area contributed by atoms with Crippen LogP contribution in [0, 0.1) is 0 Å². The Hall–Kier alpha value is -2.01. The highest BCUT2D eigenvalue weighted by atomic mass is 35.5. The molecule has 3 aromatic rings. The molecule has 86 valence electrons. The molecule has 0 aliphatic carbocycles. The number of rotatable bonds is 2. The summed E-state index contributed by atoms with van der Waals surface area (Å²) in [5.41, 5.74) is 8.25. The normalized spacial score (nSPS) is 11.1. The maximum absolute atomic E-state index is 6.06. The number of para-hydroxylation sites is 1. The van der Waals surface area contributed by atoms with E-state index in [0.29, 0.717) is 23.0 Å².